The lowest BCUT2D eigenvalue weighted by Gasteiger charge is -2.18. The van der Waals surface area contributed by atoms with Crippen molar-refractivity contribution in [2.24, 2.45) is 0 Å². The van der Waals surface area contributed by atoms with Gasteiger partial charge in [-0.15, -0.1) is 0 Å². The van der Waals surface area contributed by atoms with E-state index in [0.29, 0.717) is 12.5 Å². The van der Waals surface area contributed by atoms with E-state index < -0.39 is 0 Å². The molecule has 0 radical (unpaired) electrons. The molecule has 5 heteroatoms. The Bertz CT molecular complexity index is 879. The molecule has 1 N–H and O–H groups in total. The van der Waals surface area contributed by atoms with Gasteiger partial charge in [0.25, 0.3) is 5.91 Å². The van der Waals surface area contributed by atoms with Crippen molar-refractivity contribution in [2.45, 2.75) is 18.9 Å². The third-order valence-electron chi connectivity index (χ3n) is 5.16. The van der Waals surface area contributed by atoms with E-state index in [0.717, 1.165) is 29.9 Å². The van der Waals surface area contributed by atoms with Gasteiger partial charge in [0.1, 0.15) is 0 Å². The number of hydrogen-bond acceptors (Lipinski definition) is 3. The van der Waals surface area contributed by atoms with Crippen LogP contribution >= 0.6 is 0 Å². The summed E-state index contributed by atoms with van der Waals surface area (Å²) in [6, 6.07) is 18.1. The Morgan fingerprint density at radius 1 is 1.19 bits per heavy atom. The van der Waals surface area contributed by atoms with Crippen LogP contribution in [0.3, 0.4) is 0 Å². The number of nitrogens with one attached hydrogen (secondary N) is 1. The highest BCUT2D eigenvalue weighted by atomic mass is 16.2. The van der Waals surface area contributed by atoms with E-state index in [4.69, 9.17) is 0 Å². The molecule has 1 aliphatic heterocycles. The van der Waals surface area contributed by atoms with Crippen LogP contribution in [0, 0.1) is 0 Å². The van der Waals surface area contributed by atoms with Gasteiger partial charge >= 0.3 is 0 Å². The van der Waals surface area contributed by atoms with Gasteiger partial charge in [0.15, 0.2) is 0 Å². The highest BCUT2D eigenvalue weighted by Gasteiger charge is 2.17. The van der Waals surface area contributed by atoms with Gasteiger partial charge in [0.05, 0.1) is 5.69 Å². The Hall–Kier alpha value is -2.92. The molecule has 0 unspecified atom stereocenters. The molecule has 1 aromatic heterocycles. The molecule has 2 heterocycles. The Balaban J connectivity index is 1.40. The van der Waals surface area contributed by atoms with Crippen LogP contribution < -0.4 is 5.32 Å². The van der Waals surface area contributed by atoms with Crippen LogP contribution in [0.15, 0.2) is 67.0 Å². The Morgan fingerprint density at radius 3 is 2.59 bits per heavy atom. The monoisotopic (exact) mass is 360 g/mol. The summed E-state index contributed by atoms with van der Waals surface area (Å²) in [6.07, 6.45) is 4.84. The minimum atomic E-state index is 0.0437. The zero-order valence-electron chi connectivity index (χ0n) is 15.5. The summed E-state index contributed by atoms with van der Waals surface area (Å²) < 4.78 is 1.82. The number of amides is 1. The summed E-state index contributed by atoms with van der Waals surface area (Å²) in [6.45, 7) is 2.68. The maximum absolute atomic E-state index is 12.7. The molecule has 5 nitrogen and oxygen atoms in total. The molecule has 0 saturated carbocycles. The van der Waals surface area contributed by atoms with Crippen LogP contribution in [0.2, 0.25) is 0 Å². The number of aromatic nitrogens is 2. The van der Waals surface area contributed by atoms with Crippen molar-refractivity contribution in [1.29, 1.82) is 0 Å². The molecule has 138 valence electrons. The first kappa shape index (κ1) is 17.5. The van der Waals surface area contributed by atoms with E-state index in [-0.39, 0.29) is 5.91 Å². The first-order chi connectivity index (χ1) is 13.2. The summed E-state index contributed by atoms with van der Waals surface area (Å²) >= 11 is 0. The number of benzene rings is 2. The highest BCUT2D eigenvalue weighted by Crippen LogP contribution is 2.23. The quantitative estimate of drug-likeness (QED) is 0.760. The lowest BCUT2D eigenvalue weighted by Crippen LogP contribution is -2.26. The summed E-state index contributed by atoms with van der Waals surface area (Å²) in [5.74, 6) is 0.613. The smallest absolute Gasteiger partial charge is 0.253 e. The maximum atomic E-state index is 12.7. The summed E-state index contributed by atoms with van der Waals surface area (Å²) in [4.78, 5) is 14.5. The highest BCUT2D eigenvalue weighted by molar-refractivity contribution is 5.94. The van der Waals surface area contributed by atoms with Crippen molar-refractivity contribution >= 4 is 5.91 Å². The standard InChI is InChI=1S/C22H24N4O/c1-25(16-17-3-9-21(10-4-17)26-14-2-12-24-26)22(27)19-7-5-18(6-8-19)20-11-13-23-15-20/h2-10,12,14,20,23H,11,13,15-16H2,1H3/t20-/m1/s1. The van der Waals surface area contributed by atoms with Crippen molar-refractivity contribution in [3.05, 3.63) is 83.7 Å². The Morgan fingerprint density at radius 2 is 1.96 bits per heavy atom. The number of carbonyl (C=O) groups excluding carboxylic acids is 1. The normalized spacial score (nSPS) is 16.4. The van der Waals surface area contributed by atoms with Gasteiger partial charge in [0.2, 0.25) is 0 Å². The van der Waals surface area contributed by atoms with Gasteiger partial charge in [-0.2, -0.15) is 5.10 Å². The molecular weight excluding hydrogens is 336 g/mol. The molecule has 1 amide bonds. The molecule has 1 fully saturated rings. The molecule has 1 aliphatic rings. The number of carbonyl (C=O) groups is 1. The van der Waals surface area contributed by atoms with Gasteiger partial charge in [-0.25, -0.2) is 4.68 Å². The molecule has 0 aliphatic carbocycles. The second-order valence-corrected chi connectivity index (χ2v) is 7.09. The van der Waals surface area contributed by atoms with Crippen LogP contribution in [0.1, 0.15) is 33.8 Å². The van der Waals surface area contributed by atoms with Crippen LogP contribution in [0.5, 0.6) is 0 Å². The van der Waals surface area contributed by atoms with E-state index in [9.17, 15) is 4.79 Å². The molecule has 2 aromatic carbocycles. The second-order valence-electron chi connectivity index (χ2n) is 7.09. The maximum Gasteiger partial charge on any atom is 0.253 e. The van der Waals surface area contributed by atoms with E-state index in [1.165, 1.54) is 12.0 Å². The summed E-state index contributed by atoms with van der Waals surface area (Å²) in [7, 11) is 1.85. The molecule has 4 rings (SSSR count). The first-order valence-corrected chi connectivity index (χ1v) is 9.36. The molecule has 0 spiro atoms. The van der Waals surface area contributed by atoms with E-state index in [1.54, 1.807) is 11.1 Å². The topological polar surface area (TPSA) is 50.2 Å². The van der Waals surface area contributed by atoms with Crippen LogP contribution in [-0.4, -0.2) is 40.7 Å². The zero-order valence-corrected chi connectivity index (χ0v) is 15.5. The summed E-state index contributed by atoms with van der Waals surface area (Å²) in [5, 5.41) is 7.61. The van der Waals surface area contributed by atoms with E-state index >= 15 is 0 Å². The van der Waals surface area contributed by atoms with Crippen molar-refractivity contribution in [2.75, 3.05) is 20.1 Å². The van der Waals surface area contributed by atoms with Gasteiger partial charge in [-0.05, 0) is 60.3 Å². The molecule has 1 saturated heterocycles. The Kier molecular flexibility index (Phi) is 5.03. The Labute approximate surface area is 159 Å². The molecule has 3 aromatic rings. The minimum absolute atomic E-state index is 0.0437. The van der Waals surface area contributed by atoms with Gasteiger partial charge in [-0.3, -0.25) is 4.79 Å². The summed E-state index contributed by atoms with van der Waals surface area (Å²) in [5.41, 5.74) is 4.15. The van der Waals surface area contributed by atoms with Gasteiger partial charge < -0.3 is 10.2 Å². The van der Waals surface area contributed by atoms with Crippen molar-refractivity contribution in [3.8, 4) is 5.69 Å². The fourth-order valence-electron chi connectivity index (χ4n) is 3.58. The van der Waals surface area contributed by atoms with Crippen molar-refractivity contribution in [1.82, 2.24) is 20.0 Å². The average Bonchev–Trinajstić information content (AvgIpc) is 3.42. The lowest BCUT2D eigenvalue weighted by atomic mass is 9.97. The molecule has 27 heavy (non-hydrogen) atoms. The molecule has 0 bridgehead atoms. The molecule has 1 atom stereocenters. The SMILES string of the molecule is CN(Cc1ccc(-n2cccn2)cc1)C(=O)c1ccc([C@@H]2CCNC2)cc1. The average molecular weight is 360 g/mol. The fourth-order valence-corrected chi connectivity index (χ4v) is 3.58. The molecular formula is C22H24N4O. The largest absolute Gasteiger partial charge is 0.337 e. The number of hydrogen-bond donors (Lipinski definition) is 1. The predicted molar refractivity (Wildman–Crippen MR) is 106 cm³/mol. The minimum Gasteiger partial charge on any atom is -0.337 e. The number of nitrogens with zero attached hydrogens (tertiary/aromatic N) is 3. The van der Waals surface area contributed by atoms with E-state index in [1.807, 2.05) is 60.4 Å². The lowest BCUT2D eigenvalue weighted by molar-refractivity contribution is 0.0785. The van der Waals surface area contributed by atoms with Crippen LogP contribution in [-0.2, 0) is 6.54 Å². The fraction of sp³-hybridized carbons (Fsp3) is 0.273. The first-order valence-electron chi connectivity index (χ1n) is 9.36. The van der Waals surface area contributed by atoms with Crippen LogP contribution in [0.4, 0.5) is 0 Å². The van der Waals surface area contributed by atoms with Gasteiger partial charge in [-0.1, -0.05) is 24.3 Å². The predicted octanol–water partition coefficient (Wildman–Crippen LogP) is 3.22. The van der Waals surface area contributed by atoms with Crippen LogP contribution in [0.25, 0.3) is 5.69 Å². The third-order valence-corrected chi connectivity index (χ3v) is 5.16. The van der Waals surface area contributed by atoms with Crippen molar-refractivity contribution < 1.29 is 4.79 Å². The third kappa shape index (κ3) is 3.93. The zero-order chi connectivity index (χ0) is 18.6. The second kappa shape index (κ2) is 7.76. The van der Waals surface area contributed by atoms with Crippen molar-refractivity contribution in [3.63, 3.8) is 0 Å². The number of rotatable bonds is 5. The van der Waals surface area contributed by atoms with Gasteiger partial charge in [0, 0.05) is 38.1 Å². The van der Waals surface area contributed by atoms with E-state index in [2.05, 4.69) is 22.5 Å².